The van der Waals surface area contributed by atoms with Gasteiger partial charge in [-0.15, -0.1) is 0 Å². The average Bonchev–Trinajstić information content (AvgIpc) is 2.52. The standard InChI is InChI=1S/C19H30N2O3/c1-13(2)17(23)19(4,5)12-20-16(22)11-14(3)21-18(24)15-9-7-6-8-10-15/h6-10,13-14,17,23H,11-12H2,1-5H3,(H,20,22)(H,21,24). The van der Waals surface area contributed by atoms with Gasteiger partial charge in [0.2, 0.25) is 5.91 Å². The molecule has 0 aliphatic rings. The van der Waals surface area contributed by atoms with E-state index >= 15 is 0 Å². The van der Waals surface area contributed by atoms with E-state index in [4.69, 9.17) is 0 Å². The lowest BCUT2D eigenvalue weighted by Crippen LogP contribution is -2.45. The van der Waals surface area contributed by atoms with Crippen LogP contribution in [0, 0.1) is 11.3 Å². The van der Waals surface area contributed by atoms with Gasteiger partial charge in [0.05, 0.1) is 6.10 Å². The zero-order valence-corrected chi connectivity index (χ0v) is 15.3. The fourth-order valence-electron chi connectivity index (χ4n) is 2.63. The van der Waals surface area contributed by atoms with Crippen molar-refractivity contribution in [2.24, 2.45) is 11.3 Å². The molecule has 0 bridgehead atoms. The molecule has 24 heavy (non-hydrogen) atoms. The van der Waals surface area contributed by atoms with Gasteiger partial charge < -0.3 is 15.7 Å². The molecule has 0 fully saturated rings. The van der Waals surface area contributed by atoms with E-state index in [0.29, 0.717) is 12.1 Å². The van der Waals surface area contributed by atoms with Crippen LogP contribution in [0.2, 0.25) is 0 Å². The minimum absolute atomic E-state index is 0.126. The predicted octanol–water partition coefficient (Wildman–Crippen LogP) is 2.35. The van der Waals surface area contributed by atoms with Gasteiger partial charge in [0.15, 0.2) is 0 Å². The maximum Gasteiger partial charge on any atom is 0.251 e. The molecule has 1 aromatic rings. The van der Waals surface area contributed by atoms with Crippen LogP contribution in [0.1, 0.15) is 51.4 Å². The van der Waals surface area contributed by atoms with Crippen molar-refractivity contribution in [1.29, 1.82) is 0 Å². The Morgan fingerprint density at radius 2 is 1.71 bits per heavy atom. The third-order valence-electron chi connectivity index (χ3n) is 4.08. The Bertz CT molecular complexity index is 541. The summed E-state index contributed by atoms with van der Waals surface area (Å²) in [6.07, 6.45) is -0.292. The Balaban J connectivity index is 2.43. The first kappa shape index (κ1) is 20.2. The van der Waals surface area contributed by atoms with Gasteiger partial charge in [0, 0.05) is 30.0 Å². The van der Waals surface area contributed by atoms with Gasteiger partial charge >= 0.3 is 0 Å². The molecule has 5 heteroatoms. The number of aliphatic hydroxyl groups excluding tert-OH is 1. The van der Waals surface area contributed by atoms with Gasteiger partial charge in [-0.05, 0) is 25.0 Å². The second-order valence-electron chi connectivity index (χ2n) is 7.40. The van der Waals surface area contributed by atoms with Crippen LogP contribution in [-0.2, 0) is 4.79 Å². The lowest BCUT2D eigenvalue weighted by atomic mass is 9.80. The summed E-state index contributed by atoms with van der Waals surface area (Å²) in [7, 11) is 0. The molecule has 0 radical (unpaired) electrons. The first-order valence-electron chi connectivity index (χ1n) is 8.44. The van der Waals surface area contributed by atoms with Crippen molar-refractivity contribution in [2.45, 2.75) is 53.2 Å². The molecule has 0 aliphatic carbocycles. The summed E-state index contributed by atoms with van der Waals surface area (Å²) in [5.74, 6) is -0.202. The predicted molar refractivity (Wildman–Crippen MR) is 95.6 cm³/mol. The molecule has 0 saturated carbocycles. The van der Waals surface area contributed by atoms with Crippen LogP contribution >= 0.6 is 0 Å². The minimum atomic E-state index is -0.493. The molecule has 0 saturated heterocycles. The van der Waals surface area contributed by atoms with Crippen molar-refractivity contribution in [3.8, 4) is 0 Å². The van der Waals surface area contributed by atoms with Gasteiger partial charge in [-0.1, -0.05) is 45.9 Å². The molecule has 0 aliphatic heterocycles. The van der Waals surface area contributed by atoms with Gasteiger partial charge in [-0.3, -0.25) is 9.59 Å². The summed E-state index contributed by atoms with van der Waals surface area (Å²) < 4.78 is 0. The van der Waals surface area contributed by atoms with Crippen molar-refractivity contribution in [1.82, 2.24) is 10.6 Å². The second-order valence-corrected chi connectivity index (χ2v) is 7.40. The van der Waals surface area contributed by atoms with E-state index < -0.39 is 11.5 Å². The lowest BCUT2D eigenvalue weighted by Gasteiger charge is -2.33. The number of amides is 2. The van der Waals surface area contributed by atoms with Crippen molar-refractivity contribution >= 4 is 11.8 Å². The van der Waals surface area contributed by atoms with E-state index in [1.165, 1.54) is 0 Å². The maximum absolute atomic E-state index is 12.1. The topological polar surface area (TPSA) is 78.4 Å². The van der Waals surface area contributed by atoms with Gasteiger partial charge in [-0.25, -0.2) is 0 Å². The normalized spacial score (nSPS) is 14.1. The summed E-state index contributed by atoms with van der Waals surface area (Å²) in [6, 6.07) is 8.65. The minimum Gasteiger partial charge on any atom is -0.392 e. The fraction of sp³-hybridized carbons (Fsp3) is 0.579. The van der Waals surface area contributed by atoms with Gasteiger partial charge in [0.25, 0.3) is 5.91 Å². The summed E-state index contributed by atoms with van der Waals surface area (Å²) in [5, 5.41) is 15.9. The molecule has 2 amide bonds. The Hall–Kier alpha value is -1.88. The Morgan fingerprint density at radius 3 is 2.25 bits per heavy atom. The molecule has 134 valence electrons. The summed E-state index contributed by atoms with van der Waals surface area (Å²) >= 11 is 0. The van der Waals surface area contributed by atoms with Crippen LogP contribution < -0.4 is 10.6 Å². The third-order valence-corrected chi connectivity index (χ3v) is 4.08. The smallest absolute Gasteiger partial charge is 0.251 e. The van der Waals surface area contributed by atoms with E-state index in [-0.39, 0.29) is 30.2 Å². The zero-order chi connectivity index (χ0) is 18.3. The molecular formula is C19H30N2O3. The highest BCUT2D eigenvalue weighted by Crippen LogP contribution is 2.25. The van der Waals surface area contributed by atoms with E-state index in [1.54, 1.807) is 31.2 Å². The largest absolute Gasteiger partial charge is 0.392 e. The van der Waals surface area contributed by atoms with E-state index in [2.05, 4.69) is 10.6 Å². The highest BCUT2D eigenvalue weighted by Gasteiger charge is 2.30. The van der Waals surface area contributed by atoms with Gasteiger partial charge in [0.1, 0.15) is 0 Å². The van der Waals surface area contributed by atoms with Crippen molar-refractivity contribution < 1.29 is 14.7 Å². The molecule has 3 N–H and O–H groups in total. The average molecular weight is 334 g/mol. The van der Waals surface area contributed by atoms with Crippen LogP contribution in [0.4, 0.5) is 0 Å². The van der Waals surface area contributed by atoms with E-state index in [0.717, 1.165) is 0 Å². The van der Waals surface area contributed by atoms with Gasteiger partial charge in [-0.2, -0.15) is 0 Å². The van der Waals surface area contributed by atoms with Crippen LogP contribution in [-0.4, -0.2) is 35.6 Å². The first-order chi connectivity index (χ1) is 11.1. The van der Waals surface area contributed by atoms with E-state index in [1.807, 2.05) is 33.8 Å². The Kier molecular flexibility index (Phi) is 7.42. The molecule has 0 aromatic heterocycles. The van der Waals surface area contributed by atoms with Crippen LogP contribution in [0.25, 0.3) is 0 Å². The van der Waals surface area contributed by atoms with Crippen LogP contribution in [0.3, 0.4) is 0 Å². The van der Waals surface area contributed by atoms with Crippen LogP contribution in [0.5, 0.6) is 0 Å². The second kappa shape index (κ2) is 8.83. The lowest BCUT2D eigenvalue weighted by molar-refractivity contribution is -0.122. The number of carbonyl (C=O) groups is 2. The maximum atomic E-state index is 12.1. The number of nitrogens with one attached hydrogen (secondary N) is 2. The number of rotatable bonds is 8. The Morgan fingerprint density at radius 1 is 1.12 bits per heavy atom. The number of hydrogen-bond donors (Lipinski definition) is 3. The Labute approximate surface area is 144 Å². The molecule has 0 heterocycles. The monoisotopic (exact) mass is 334 g/mol. The third kappa shape index (κ3) is 6.32. The van der Waals surface area contributed by atoms with Crippen molar-refractivity contribution in [2.75, 3.05) is 6.54 Å². The summed E-state index contributed by atoms with van der Waals surface area (Å²) in [5.41, 5.74) is 0.173. The highest BCUT2D eigenvalue weighted by molar-refractivity contribution is 5.94. The number of hydrogen-bond acceptors (Lipinski definition) is 3. The SMILES string of the molecule is CC(CC(=O)NCC(C)(C)C(O)C(C)C)NC(=O)c1ccccc1. The molecule has 2 atom stereocenters. The fourth-order valence-corrected chi connectivity index (χ4v) is 2.63. The van der Waals surface area contributed by atoms with Crippen LogP contribution in [0.15, 0.2) is 30.3 Å². The highest BCUT2D eigenvalue weighted by atomic mass is 16.3. The molecule has 1 rings (SSSR count). The van der Waals surface area contributed by atoms with Crippen molar-refractivity contribution in [3.05, 3.63) is 35.9 Å². The number of aliphatic hydroxyl groups is 1. The molecule has 1 aromatic carbocycles. The molecule has 5 nitrogen and oxygen atoms in total. The van der Waals surface area contributed by atoms with E-state index in [9.17, 15) is 14.7 Å². The molecular weight excluding hydrogens is 304 g/mol. The summed E-state index contributed by atoms with van der Waals surface area (Å²) in [6.45, 7) is 9.96. The first-order valence-corrected chi connectivity index (χ1v) is 8.44. The number of carbonyl (C=O) groups excluding carboxylic acids is 2. The van der Waals surface area contributed by atoms with Crippen molar-refractivity contribution in [3.63, 3.8) is 0 Å². The zero-order valence-electron chi connectivity index (χ0n) is 15.3. The summed E-state index contributed by atoms with van der Waals surface area (Å²) in [4.78, 5) is 24.1. The quantitative estimate of drug-likeness (QED) is 0.683. The molecule has 0 spiro atoms. The molecule has 2 unspecified atom stereocenters. The number of benzene rings is 1.